The van der Waals surface area contributed by atoms with Crippen molar-refractivity contribution in [3.8, 4) is 0 Å². The summed E-state index contributed by atoms with van der Waals surface area (Å²) in [5.74, 6) is -0.110. The molecule has 1 atom stereocenters. The third-order valence-corrected chi connectivity index (χ3v) is 3.19. The van der Waals surface area contributed by atoms with E-state index in [1.54, 1.807) is 23.1 Å². The largest absolute Gasteiger partial charge is 0.398 e. The number of nitrogens with zero attached hydrogens (tertiary/aromatic N) is 1. The number of nitrogens with two attached hydrogens (primary N) is 1. The number of halogens is 1. The van der Waals surface area contributed by atoms with Gasteiger partial charge in [0.05, 0.1) is 11.7 Å². The van der Waals surface area contributed by atoms with Crippen LogP contribution in [-0.4, -0.2) is 35.1 Å². The number of aliphatic hydroxyl groups is 1. The SMILES string of the molecule is Nc1cc(Br)ccc1C(=O)N1CC[C@@H](O)C1. The molecular formula is C11H13BrN2O2. The van der Waals surface area contributed by atoms with Gasteiger partial charge in [-0.2, -0.15) is 0 Å². The monoisotopic (exact) mass is 284 g/mol. The van der Waals surface area contributed by atoms with E-state index in [2.05, 4.69) is 15.9 Å². The third-order valence-electron chi connectivity index (χ3n) is 2.69. The van der Waals surface area contributed by atoms with Gasteiger partial charge < -0.3 is 15.7 Å². The van der Waals surface area contributed by atoms with Crippen LogP contribution < -0.4 is 5.73 Å². The standard InChI is InChI=1S/C11H13BrN2O2/c12-7-1-2-9(10(13)5-7)11(16)14-4-3-8(15)6-14/h1-2,5,8,15H,3-4,6,13H2/t8-/m1/s1. The minimum atomic E-state index is -0.402. The molecule has 1 amide bonds. The van der Waals surface area contributed by atoms with Crippen LogP contribution in [0.5, 0.6) is 0 Å². The summed E-state index contributed by atoms with van der Waals surface area (Å²) >= 11 is 3.29. The molecule has 0 unspecified atom stereocenters. The maximum absolute atomic E-state index is 12.0. The first-order valence-electron chi connectivity index (χ1n) is 5.10. The van der Waals surface area contributed by atoms with Crippen LogP contribution in [0, 0.1) is 0 Å². The Hall–Kier alpha value is -1.07. The summed E-state index contributed by atoms with van der Waals surface area (Å²) in [6.07, 6.45) is 0.239. The predicted molar refractivity (Wildman–Crippen MR) is 65.1 cm³/mol. The highest BCUT2D eigenvalue weighted by Crippen LogP contribution is 2.21. The molecular weight excluding hydrogens is 272 g/mol. The van der Waals surface area contributed by atoms with E-state index in [0.29, 0.717) is 30.8 Å². The minimum absolute atomic E-state index is 0.110. The van der Waals surface area contributed by atoms with E-state index in [1.807, 2.05) is 0 Å². The topological polar surface area (TPSA) is 66.6 Å². The summed E-state index contributed by atoms with van der Waals surface area (Å²) in [6.45, 7) is 0.990. The molecule has 4 nitrogen and oxygen atoms in total. The van der Waals surface area contributed by atoms with Gasteiger partial charge in [0.1, 0.15) is 0 Å². The first-order valence-corrected chi connectivity index (χ1v) is 5.89. The lowest BCUT2D eigenvalue weighted by Gasteiger charge is -2.16. The zero-order chi connectivity index (χ0) is 11.7. The van der Waals surface area contributed by atoms with Crippen LogP contribution in [0.15, 0.2) is 22.7 Å². The zero-order valence-electron chi connectivity index (χ0n) is 8.69. The van der Waals surface area contributed by atoms with E-state index in [1.165, 1.54) is 0 Å². The molecule has 16 heavy (non-hydrogen) atoms. The lowest BCUT2D eigenvalue weighted by Crippen LogP contribution is -2.30. The average Bonchev–Trinajstić information content (AvgIpc) is 2.64. The fourth-order valence-corrected chi connectivity index (χ4v) is 2.20. The molecule has 1 aromatic carbocycles. The van der Waals surface area contributed by atoms with Crippen LogP contribution in [0.1, 0.15) is 16.8 Å². The van der Waals surface area contributed by atoms with E-state index in [9.17, 15) is 9.90 Å². The van der Waals surface area contributed by atoms with Crippen LogP contribution in [0.25, 0.3) is 0 Å². The summed E-state index contributed by atoms with van der Waals surface area (Å²) in [6, 6.07) is 5.20. The second-order valence-electron chi connectivity index (χ2n) is 3.93. The second-order valence-corrected chi connectivity index (χ2v) is 4.84. The van der Waals surface area contributed by atoms with E-state index in [4.69, 9.17) is 5.73 Å². The predicted octanol–water partition coefficient (Wildman–Crippen LogP) is 1.24. The maximum Gasteiger partial charge on any atom is 0.256 e. The maximum atomic E-state index is 12.0. The molecule has 1 aliphatic rings. The highest BCUT2D eigenvalue weighted by molar-refractivity contribution is 9.10. The van der Waals surface area contributed by atoms with Crippen molar-refractivity contribution in [1.82, 2.24) is 4.90 Å². The number of nitrogen functional groups attached to an aromatic ring is 1. The number of likely N-dealkylation sites (tertiary alicyclic amines) is 1. The van der Waals surface area contributed by atoms with Gasteiger partial charge in [-0.25, -0.2) is 0 Å². The number of carbonyl (C=O) groups excluding carboxylic acids is 1. The van der Waals surface area contributed by atoms with Crippen molar-refractivity contribution in [3.63, 3.8) is 0 Å². The molecule has 0 aliphatic carbocycles. The number of benzene rings is 1. The molecule has 3 N–H and O–H groups in total. The molecule has 0 radical (unpaired) electrons. The molecule has 86 valence electrons. The normalized spacial score (nSPS) is 20.1. The first kappa shape index (κ1) is 11.4. The summed E-state index contributed by atoms with van der Waals surface area (Å²) in [5, 5.41) is 9.38. The molecule has 1 saturated heterocycles. The molecule has 0 spiro atoms. The second kappa shape index (κ2) is 4.43. The number of β-amino-alcohol motifs (C(OH)–C–C–N with tert-alkyl or cyclic N) is 1. The number of rotatable bonds is 1. The quantitative estimate of drug-likeness (QED) is 0.763. The van der Waals surface area contributed by atoms with Crippen molar-refractivity contribution in [1.29, 1.82) is 0 Å². The zero-order valence-corrected chi connectivity index (χ0v) is 10.3. The number of hydrogen-bond acceptors (Lipinski definition) is 3. The van der Waals surface area contributed by atoms with Crippen molar-refractivity contribution in [2.24, 2.45) is 0 Å². The van der Waals surface area contributed by atoms with E-state index < -0.39 is 6.10 Å². The van der Waals surface area contributed by atoms with Crippen LogP contribution in [-0.2, 0) is 0 Å². The Balaban J connectivity index is 2.21. The van der Waals surface area contributed by atoms with Crippen LogP contribution in [0.4, 0.5) is 5.69 Å². The van der Waals surface area contributed by atoms with Gasteiger partial charge >= 0.3 is 0 Å². The van der Waals surface area contributed by atoms with Gasteiger partial charge in [-0.3, -0.25) is 4.79 Å². The average molecular weight is 285 g/mol. The molecule has 0 bridgehead atoms. The van der Waals surface area contributed by atoms with Crippen molar-refractivity contribution in [2.45, 2.75) is 12.5 Å². The highest BCUT2D eigenvalue weighted by atomic mass is 79.9. The molecule has 0 saturated carbocycles. The molecule has 1 aliphatic heterocycles. The number of carbonyl (C=O) groups is 1. The Bertz CT molecular complexity index is 422. The molecule has 1 aromatic rings. The van der Waals surface area contributed by atoms with Crippen LogP contribution >= 0.6 is 15.9 Å². The fraction of sp³-hybridized carbons (Fsp3) is 0.364. The van der Waals surface area contributed by atoms with E-state index in [-0.39, 0.29) is 5.91 Å². The molecule has 1 heterocycles. The summed E-state index contributed by atoms with van der Waals surface area (Å²) in [7, 11) is 0. The fourth-order valence-electron chi connectivity index (χ4n) is 1.82. The molecule has 0 aromatic heterocycles. The van der Waals surface area contributed by atoms with Gasteiger partial charge in [0.15, 0.2) is 0 Å². The minimum Gasteiger partial charge on any atom is -0.398 e. The molecule has 2 rings (SSSR count). The molecule has 1 fully saturated rings. The first-order chi connectivity index (χ1) is 7.58. The van der Waals surface area contributed by atoms with Gasteiger partial charge in [-0.1, -0.05) is 15.9 Å². The van der Waals surface area contributed by atoms with Gasteiger partial charge in [0.25, 0.3) is 5.91 Å². The summed E-state index contributed by atoms with van der Waals surface area (Å²) < 4.78 is 0.850. The number of aliphatic hydroxyl groups excluding tert-OH is 1. The van der Waals surface area contributed by atoms with Crippen molar-refractivity contribution >= 4 is 27.5 Å². The van der Waals surface area contributed by atoms with Gasteiger partial charge in [0, 0.05) is 23.2 Å². The van der Waals surface area contributed by atoms with Crippen LogP contribution in [0.2, 0.25) is 0 Å². The Labute approximate surface area is 102 Å². The third kappa shape index (κ3) is 2.20. The lowest BCUT2D eigenvalue weighted by molar-refractivity contribution is 0.0766. The Morgan fingerprint density at radius 1 is 1.56 bits per heavy atom. The molecule has 5 heteroatoms. The van der Waals surface area contributed by atoms with Gasteiger partial charge in [-0.15, -0.1) is 0 Å². The summed E-state index contributed by atoms with van der Waals surface area (Å²) in [5.41, 5.74) is 6.74. The highest BCUT2D eigenvalue weighted by Gasteiger charge is 2.26. The van der Waals surface area contributed by atoms with Crippen LogP contribution in [0.3, 0.4) is 0 Å². The smallest absolute Gasteiger partial charge is 0.256 e. The van der Waals surface area contributed by atoms with E-state index in [0.717, 1.165) is 4.47 Å². The summed E-state index contributed by atoms with van der Waals surface area (Å²) in [4.78, 5) is 13.7. The van der Waals surface area contributed by atoms with Crippen molar-refractivity contribution in [3.05, 3.63) is 28.2 Å². The van der Waals surface area contributed by atoms with Crippen molar-refractivity contribution in [2.75, 3.05) is 18.8 Å². The number of anilines is 1. The lowest BCUT2D eigenvalue weighted by atomic mass is 10.1. The Kier molecular flexibility index (Phi) is 3.16. The van der Waals surface area contributed by atoms with Gasteiger partial charge in [0.2, 0.25) is 0 Å². The van der Waals surface area contributed by atoms with Crippen molar-refractivity contribution < 1.29 is 9.90 Å². The Morgan fingerprint density at radius 3 is 2.88 bits per heavy atom. The van der Waals surface area contributed by atoms with Gasteiger partial charge in [-0.05, 0) is 24.6 Å². The Morgan fingerprint density at radius 2 is 2.31 bits per heavy atom. The number of hydrogen-bond donors (Lipinski definition) is 2. The number of amides is 1. The van der Waals surface area contributed by atoms with E-state index >= 15 is 0 Å².